The van der Waals surface area contributed by atoms with Gasteiger partial charge < -0.3 is 9.84 Å². The van der Waals surface area contributed by atoms with E-state index in [0.717, 1.165) is 0 Å². The molecule has 0 fully saturated rings. The Hall–Kier alpha value is -2.15. The van der Waals surface area contributed by atoms with Crippen molar-refractivity contribution >= 4 is 23.3 Å². The normalized spacial score (nSPS) is 11.0. The zero-order chi connectivity index (χ0) is 18.4. The summed E-state index contributed by atoms with van der Waals surface area (Å²) in [6, 6.07) is 2.01. The molecular formula is C13H15F3N2O4S. The molecule has 6 nitrogen and oxygen atoms in total. The van der Waals surface area contributed by atoms with Gasteiger partial charge >= 0.3 is 18.1 Å². The number of aromatic nitrogens is 1. The fraction of sp³-hybridized carbons (Fsp3) is 0.538. The molecule has 0 aliphatic carbocycles. The maximum Gasteiger partial charge on any atom is 0.490 e. The van der Waals surface area contributed by atoms with E-state index in [1.807, 2.05) is 26.8 Å². The number of carbonyl (C=O) groups excluding carboxylic acids is 1. The number of ether oxygens (including phenoxy) is 1. The first-order chi connectivity index (χ1) is 10.3. The van der Waals surface area contributed by atoms with E-state index >= 15 is 0 Å². The molecule has 23 heavy (non-hydrogen) atoms. The number of esters is 1. The fourth-order valence-corrected chi connectivity index (χ4v) is 1.98. The van der Waals surface area contributed by atoms with Gasteiger partial charge in [0.25, 0.3) is 0 Å². The first kappa shape index (κ1) is 20.9. The highest BCUT2D eigenvalue weighted by molar-refractivity contribution is 7.13. The van der Waals surface area contributed by atoms with Gasteiger partial charge in [-0.3, -0.25) is 0 Å². The molecule has 1 aromatic rings. The van der Waals surface area contributed by atoms with Gasteiger partial charge in [-0.05, 0) is 27.7 Å². The molecule has 0 bridgehead atoms. The first-order valence-electron chi connectivity index (χ1n) is 6.14. The lowest BCUT2D eigenvalue weighted by Gasteiger charge is -2.18. The second-order valence-corrected chi connectivity index (χ2v) is 6.25. The topological polar surface area (TPSA) is 100 Å². The minimum Gasteiger partial charge on any atom is -0.475 e. The van der Waals surface area contributed by atoms with E-state index in [4.69, 9.17) is 19.9 Å². The molecule has 0 aliphatic heterocycles. The van der Waals surface area contributed by atoms with Gasteiger partial charge in [0.2, 0.25) is 0 Å². The van der Waals surface area contributed by atoms with Gasteiger partial charge in [0, 0.05) is 0 Å². The van der Waals surface area contributed by atoms with Crippen LogP contribution in [0.1, 0.15) is 41.1 Å². The van der Waals surface area contributed by atoms with E-state index in [1.54, 1.807) is 6.92 Å². The summed E-state index contributed by atoms with van der Waals surface area (Å²) < 4.78 is 37.0. The molecule has 128 valence electrons. The second-order valence-electron chi connectivity index (χ2n) is 5.16. The number of carboxylic acids is 1. The van der Waals surface area contributed by atoms with E-state index in [9.17, 15) is 18.0 Å². The molecule has 1 rings (SSSR count). The third kappa shape index (κ3) is 8.15. The lowest BCUT2D eigenvalue weighted by Crippen LogP contribution is -2.23. The van der Waals surface area contributed by atoms with Gasteiger partial charge in [-0.1, -0.05) is 0 Å². The van der Waals surface area contributed by atoms with Crippen LogP contribution in [0.4, 0.5) is 13.2 Å². The maximum absolute atomic E-state index is 11.8. The zero-order valence-corrected chi connectivity index (χ0v) is 13.6. The Kier molecular flexibility index (Phi) is 7.18. The van der Waals surface area contributed by atoms with Crippen LogP contribution in [0, 0.1) is 18.3 Å². The number of aryl methyl sites for hydroxylation is 1. The minimum atomic E-state index is -5.08. The number of carbonyl (C=O) groups is 2. The van der Waals surface area contributed by atoms with Crippen molar-refractivity contribution in [3.63, 3.8) is 0 Å². The molecule has 1 heterocycles. The summed E-state index contributed by atoms with van der Waals surface area (Å²) >= 11 is 1.22. The summed E-state index contributed by atoms with van der Waals surface area (Å²) in [6.07, 6.45) is -4.85. The molecule has 0 aromatic carbocycles. The Morgan fingerprint density at radius 2 is 1.83 bits per heavy atom. The molecule has 0 amide bonds. The molecule has 0 radical (unpaired) electrons. The number of rotatable bonds is 2. The van der Waals surface area contributed by atoms with E-state index in [0.29, 0.717) is 15.6 Å². The SMILES string of the molecule is Cc1nc(CC#N)sc1C(=O)OC(C)(C)C.O=C(O)C(F)(F)F. The molecule has 0 saturated carbocycles. The predicted molar refractivity (Wildman–Crippen MR) is 75.0 cm³/mol. The summed E-state index contributed by atoms with van der Waals surface area (Å²) in [5.41, 5.74) is 0.118. The van der Waals surface area contributed by atoms with Crippen molar-refractivity contribution in [2.75, 3.05) is 0 Å². The van der Waals surface area contributed by atoms with Crippen molar-refractivity contribution in [1.82, 2.24) is 4.98 Å². The smallest absolute Gasteiger partial charge is 0.475 e. The summed E-state index contributed by atoms with van der Waals surface area (Å²) in [7, 11) is 0. The Bertz CT molecular complexity index is 612. The van der Waals surface area contributed by atoms with Crippen LogP contribution >= 0.6 is 11.3 Å². The average molecular weight is 352 g/mol. The molecule has 0 atom stereocenters. The molecule has 0 spiro atoms. The van der Waals surface area contributed by atoms with Crippen molar-refractivity contribution in [3.05, 3.63) is 15.6 Å². The van der Waals surface area contributed by atoms with E-state index < -0.39 is 17.7 Å². The van der Waals surface area contributed by atoms with Crippen LogP contribution < -0.4 is 0 Å². The van der Waals surface area contributed by atoms with Crippen molar-refractivity contribution < 1.29 is 32.6 Å². The Morgan fingerprint density at radius 3 is 2.17 bits per heavy atom. The van der Waals surface area contributed by atoms with Crippen molar-refractivity contribution in [1.29, 1.82) is 5.26 Å². The number of nitrogens with zero attached hydrogens (tertiary/aromatic N) is 2. The number of halogens is 3. The molecule has 0 unspecified atom stereocenters. The highest BCUT2D eigenvalue weighted by Gasteiger charge is 2.38. The monoisotopic (exact) mass is 352 g/mol. The van der Waals surface area contributed by atoms with Gasteiger partial charge in [-0.15, -0.1) is 11.3 Å². The van der Waals surface area contributed by atoms with E-state index in [2.05, 4.69) is 4.98 Å². The van der Waals surface area contributed by atoms with Gasteiger partial charge in [-0.2, -0.15) is 18.4 Å². The van der Waals surface area contributed by atoms with Crippen LogP contribution in [0.25, 0.3) is 0 Å². The predicted octanol–water partition coefficient (Wildman–Crippen LogP) is 3.11. The van der Waals surface area contributed by atoms with Crippen LogP contribution in [0.15, 0.2) is 0 Å². The molecule has 0 aliphatic rings. The summed E-state index contributed by atoms with van der Waals surface area (Å²) in [6.45, 7) is 7.20. The van der Waals surface area contributed by atoms with Crippen molar-refractivity contribution in [2.24, 2.45) is 0 Å². The lowest BCUT2D eigenvalue weighted by molar-refractivity contribution is -0.192. The van der Waals surface area contributed by atoms with Gasteiger partial charge in [0.1, 0.15) is 15.5 Å². The fourth-order valence-electron chi connectivity index (χ4n) is 1.11. The molecule has 1 N–H and O–H groups in total. The maximum atomic E-state index is 11.8. The van der Waals surface area contributed by atoms with Crippen LogP contribution in [-0.2, 0) is 16.0 Å². The largest absolute Gasteiger partial charge is 0.490 e. The lowest BCUT2D eigenvalue weighted by atomic mass is 10.2. The average Bonchev–Trinajstić information content (AvgIpc) is 2.68. The Morgan fingerprint density at radius 1 is 1.35 bits per heavy atom. The highest BCUT2D eigenvalue weighted by Crippen LogP contribution is 2.21. The molecular weight excluding hydrogens is 337 g/mol. The first-order valence-corrected chi connectivity index (χ1v) is 6.96. The van der Waals surface area contributed by atoms with Crippen LogP contribution in [0.5, 0.6) is 0 Å². The van der Waals surface area contributed by atoms with Crippen LogP contribution in [0.2, 0.25) is 0 Å². The van der Waals surface area contributed by atoms with Gasteiger partial charge in [0.15, 0.2) is 0 Å². The number of carboxylic acid groups (broad SMARTS) is 1. The summed E-state index contributed by atoms with van der Waals surface area (Å²) in [5, 5.41) is 16.3. The number of thiazole rings is 1. The van der Waals surface area contributed by atoms with Crippen molar-refractivity contribution in [2.45, 2.75) is 45.9 Å². The summed E-state index contributed by atoms with van der Waals surface area (Å²) in [4.78, 5) is 25.3. The standard InChI is InChI=1S/C11H14N2O2S.C2HF3O2/c1-7-9(10(14)15-11(2,3)4)16-8(13-7)5-6-12;3-2(4,5)1(6)7/h5H2,1-4H3;(H,6,7). The number of hydrogen-bond donors (Lipinski definition) is 1. The number of aliphatic carboxylic acids is 1. The third-order valence-electron chi connectivity index (χ3n) is 1.90. The highest BCUT2D eigenvalue weighted by atomic mass is 32.1. The number of alkyl halides is 3. The Balaban J connectivity index is 0.000000585. The molecule has 1 aromatic heterocycles. The molecule has 10 heteroatoms. The van der Waals surface area contributed by atoms with Gasteiger partial charge in [-0.25, -0.2) is 14.6 Å². The molecule has 0 saturated heterocycles. The van der Waals surface area contributed by atoms with Crippen LogP contribution in [0.3, 0.4) is 0 Å². The minimum absolute atomic E-state index is 0.230. The summed E-state index contributed by atoms with van der Waals surface area (Å²) in [5.74, 6) is -3.13. The van der Waals surface area contributed by atoms with Crippen LogP contribution in [-0.4, -0.2) is 33.8 Å². The quantitative estimate of drug-likeness (QED) is 0.821. The second kappa shape index (κ2) is 7.92. The Labute approximate surface area is 134 Å². The van der Waals surface area contributed by atoms with Crippen molar-refractivity contribution in [3.8, 4) is 6.07 Å². The third-order valence-corrected chi connectivity index (χ3v) is 3.04. The van der Waals surface area contributed by atoms with Gasteiger partial charge in [0.05, 0.1) is 18.2 Å². The number of hydrogen-bond acceptors (Lipinski definition) is 6. The number of nitriles is 1. The zero-order valence-electron chi connectivity index (χ0n) is 12.8. The van der Waals surface area contributed by atoms with E-state index in [-0.39, 0.29) is 12.4 Å². The van der Waals surface area contributed by atoms with E-state index in [1.165, 1.54) is 11.3 Å².